The molecule has 1 spiro atoms. The normalized spacial score (nSPS) is 23.9. The van der Waals surface area contributed by atoms with Crippen molar-refractivity contribution in [2.24, 2.45) is 0 Å². The van der Waals surface area contributed by atoms with Gasteiger partial charge in [-0.2, -0.15) is 0 Å². The van der Waals surface area contributed by atoms with Gasteiger partial charge in [0, 0.05) is 10.4 Å². The molecule has 6 nitrogen and oxygen atoms in total. The first-order valence-corrected chi connectivity index (χ1v) is 9.15. The van der Waals surface area contributed by atoms with E-state index in [0.717, 1.165) is 24.0 Å². The van der Waals surface area contributed by atoms with E-state index >= 15 is 0 Å². The summed E-state index contributed by atoms with van der Waals surface area (Å²) in [6, 6.07) is 7.13. The van der Waals surface area contributed by atoms with Gasteiger partial charge in [-0.25, -0.2) is 4.79 Å². The maximum Gasteiger partial charge on any atom is 0.325 e. The van der Waals surface area contributed by atoms with Crippen LogP contribution in [0.1, 0.15) is 28.8 Å². The third-order valence-corrected chi connectivity index (χ3v) is 6.09. The van der Waals surface area contributed by atoms with Crippen molar-refractivity contribution in [2.45, 2.75) is 31.3 Å². The number of ether oxygens (including phenoxy) is 2. The van der Waals surface area contributed by atoms with Crippen molar-refractivity contribution in [1.29, 1.82) is 0 Å². The summed E-state index contributed by atoms with van der Waals surface area (Å²) in [5, 5.41) is 4.97. The number of fused-ring (bicyclic) bond motifs is 3. The van der Waals surface area contributed by atoms with Crippen LogP contribution in [0.25, 0.3) is 0 Å². The molecule has 2 aromatic rings. The van der Waals surface area contributed by atoms with Gasteiger partial charge in [-0.1, -0.05) is 6.07 Å². The zero-order chi connectivity index (χ0) is 17.0. The number of thiophene rings is 1. The van der Waals surface area contributed by atoms with Crippen molar-refractivity contribution in [3.63, 3.8) is 0 Å². The molecule has 1 N–H and O–H groups in total. The lowest BCUT2D eigenvalue weighted by Crippen LogP contribution is -2.46. The van der Waals surface area contributed by atoms with Crippen LogP contribution in [-0.2, 0) is 23.3 Å². The molecule has 2 aliphatic heterocycles. The van der Waals surface area contributed by atoms with E-state index in [1.807, 2.05) is 29.6 Å². The number of nitrogens with one attached hydrogen (secondary N) is 1. The second-order valence-corrected chi connectivity index (χ2v) is 7.53. The van der Waals surface area contributed by atoms with Gasteiger partial charge in [-0.3, -0.25) is 9.69 Å². The Kier molecular flexibility index (Phi) is 3.09. The number of nitrogens with zero attached hydrogens (tertiary/aromatic N) is 1. The van der Waals surface area contributed by atoms with Crippen molar-refractivity contribution in [3.8, 4) is 11.5 Å². The molecule has 1 saturated heterocycles. The van der Waals surface area contributed by atoms with Gasteiger partial charge in [0.2, 0.25) is 6.79 Å². The second-order valence-electron chi connectivity index (χ2n) is 6.53. The monoisotopic (exact) mass is 356 g/mol. The fourth-order valence-corrected chi connectivity index (χ4v) is 4.91. The van der Waals surface area contributed by atoms with Crippen LogP contribution in [0.3, 0.4) is 0 Å². The van der Waals surface area contributed by atoms with Crippen LogP contribution in [0.4, 0.5) is 4.79 Å². The van der Waals surface area contributed by atoms with Gasteiger partial charge in [-0.05, 0) is 48.4 Å². The highest BCUT2D eigenvalue weighted by Gasteiger charge is 2.54. The van der Waals surface area contributed by atoms with Crippen LogP contribution >= 0.6 is 11.3 Å². The molecule has 1 atom stereocenters. The van der Waals surface area contributed by atoms with E-state index in [1.165, 1.54) is 9.78 Å². The number of hydrogen-bond acceptors (Lipinski definition) is 5. The third kappa shape index (κ3) is 2.08. The summed E-state index contributed by atoms with van der Waals surface area (Å²) < 4.78 is 10.7. The largest absolute Gasteiger partial charge is 0.454 e. The van der Waals surface area contributed by atoms with E-state index < -0.39 is 5.54 Å². The Balaban J connectivity index is 1.46. The first-order valence-electron chi connectivity index (χ1n) is 8.27. The highest BCUT2D eigenvalue weighted by Crippen LogP contribution is 2.42. The topological polar surface area (TPSA) is 67.9 Å². The maximum atomic E-state index is 13.2. The number of aryl methyl sites for hydroxylation is 1. The minimum absolute atomic E-state index is 0.158. The summed E-state index contributed by atoms with van der Waals surface area (Å²) in [6.45, 7) is 0.425. The van der Waals surface area contributed by atoms with E-state index in [0.29, 0.717) is 17.9 Å². The molecule has 1 aromatic carbocycles. The van der Waals surface area contributed by atoms with Gasteiger partial charge >= 0.3 is 6.03 Å². The summed E-state index contributed by atoms with van der Waals surface area (Å²) in [6.07, 6.45) is 2.52. The lowest BCUT2D eigenvalue weighted by atomic mass is 9.80. The number of urea groups is 1. The summed E-state index contributed by atoms with van der Waals surface area (Å²) in [4.78, 5) is 28.3. The van der Waals surface area contributed by atoms with E-state index in [1.54, 1.807) is 11.3 Å². The Hall–Kier alpha value is -2.54. The Morgan fingerprint density at radius 1 is 1.20 bits per heavy atom. The van der Waals surface area contributed by atoms with Gasteiger partial charge in [0.25, 0.3) is 5.91 Å². The van der Waals surface area contributed by atoms with Crippen molar-refractivity contribution < 1.29 is 19.1 Å². The Bertz CT molecular complexity index is 893. The van der Waals surface area contributed by atoms with Crippen LogP contribution in [0.5, 0.6) is 11.5 Å². The van der Waals surface area contributed by atoms with E-state index in [-0.39, 0.29) is 25.3 Å². The molecule has 7 heteroatoms. The molecule has 3 aliphatic rings. The summed E-state index contributed by atoms with van der Waals surface area (Å²) in [5.41, 5.74) is 0.919. The van der Waals surface area contributed by atoms with Crippen molar-refractivity contribution >= 4 is 23.3 Å². The summed E-state index contributed by atoms with van der Waals surface area (Å²) in [5.74, 6) is 1.18. The Labute approximate surface area is 148 Å². The minimum atomic E-state index is -0.888. The number of carbonyl (C=O) groups is 2. The highest BCUT2D eigenvalue weighted by atomic mass is 32.1. The van der Waals surface area contributed by atoms with E-state index in [2.05, 4.69) is 5.32 Å². The van der Waals surface area contributed by atoms with Crippen LogP contribution in [0.15, 0.2) is 29.6 Å². The van der Waals surface area contributed by atoms with Crippen molar-refractivity contribution in [1.82, 2.24) is 10.2 Å². The second kappa shape index (κ2) is 5.23. The Morgan fingerprint density at radius 2 is 2.08 bits per heavy atom. The van der Waals surface area contributed by atoms with Crippen LogP contribution < -0.4 is 14.8 Å². The quantitative estimate of drug-likeness (QED) is 0.840. The summed E-state index contributed by atoms with van der Waals surface area (Å²) >= 11 is 1.66. The van der Waals surface area contributed by atoms with Crippen molar-refractivity contribution in [3.05, 3.63) is 45.6 Å². The van der Waals surface area contributed by atoms with Gasteiger partial charge in [0.05, 0.1) is 6.54 Å². The van der Waals surface area contributed by atoms with E-state index in [4.69, 9.17) is 9.47 Å². The molecule has 0 radical (unpaired) electrons. The van der Waals surface area contributed by atoms with Gasteiger partial charge < -0.3 is 14.8 Å². The SMILES string of the molecule is O=C1N[C@]2(CCCc3sccc32)C(=O)N1Cc1ccc2c(c1)OCO2. The highest BCUT2D eigenvalue weighted by molar-refractivity contribution is 7.10. The van der Waals surface area contributed by atoms with Crippen LogP contribution in [-0.4, -0.2) is 23.6 Å². The molecule has 0 bridgehead atoms. The molecule has 3 amide bonds. The first kappa shape index (κ1) is 14.8. The van der Waals surface area contributed by atoms with Gasteiger partial charge in [0.1, 0.15) is 5.54 Å². The average molecular weight is 356 g/mol. The number of rotatable bonds is 2. The number of carbonyl (C=O) groups excluding carboxylic acids is 2. The molecule has 0 saturated carbocycles. The molecule has 25 heavy (non-hydrogen) atoms. The zero-order valence-electron chi connectivity index (χ0n) is 13.4. The molecule has 128 valence electrons. The number of hydrogen-bond donors (Lipinski definition) is 1. The molecule has 5 rings (SSSR count). The number of imide groups is 1. The molecule has 3 heterocycles. The predicted molar refractivity (Wildman–Crippen MR) is 90.6 cm³/mol. The number of amides is 3. The molecule has 1 fully saturated rings. The van der Waals surface area contributed by atoms with Crippen molar-refractivity contribution in [2.75, 3.05) is 6.79 Å². The smallest absolute Gasteiger partial charge is 0.325 e. The number of benzene rings is 1. The first-order chi connectivity index (χ1) is 12.2. The standard InChI is InChI=1S/C18H16N2O4S/c21-16-18(6-1-2-15-12(18)5-7-25-15)19-17(22)20(16)9-11-3-4-13-14(8-11)24-10-23-13/h3-5,7-8H,1-2,6,9-10H2,(H,19,22)/t18-/m0/s1. The fourth-order valence-electron chi connectivity index (χ4n) is 3.91. The lowest BCUT2D eigenvalue weighted by Gasteiger charge is -2.31. The fraction of sp³-hybridized carbons (Fsp3) is 0.333. The molecule has 0 unspecified atom stereocenters. The maximum absolute atomic E-state index is 13.2. The Morgan fingerprint density at radius 3 is 3.00 bits per heavy atom. The summed E-state index contributed by atoms with van der Waals surface area (Å²) in [7, 11) is 0. The van der Waals surface area contributed by atoms with Gasteiger partial charge in [-0.15, -0.1) is 11.3 Å². The lowest BCUT2D eigenvalue weighted by molar-refractivity contribution is -0.132. The molecule has 1 aliphatic carbocycles. The molecular formula is C18H16N2O4S. The molecular weight excluding hydrogens is 340 g/mol. The average Bonchev–Trinajstić information content (AvgIpc) is 3.31. The predicted octanol–water partition coefficient (Wildman–Crippen LogP) is 2.76. The van der Waals surface area contributed by atoms with E-state index in [9.17, 15) is 9.59 Å². The third-order valence-electron chi connectivity index (χ3n) is 5.11. The van der Waals surface area contributed by atoms with Crippen LogP contribution in [0.2, 0.25) is 0 Å². The van der Waals surface area contributed by atoms with Crippen LogP contribution in [0, 0.1) is 0 Å². The zero-order valence-corrected chi connectivity index (χ0v) is 14.2. The molecule has 1 aromatic heterocycles. The minimum Gasteiger partial charge on any atom is -0.454 e. The van der Waals surface area contributed by atoms with Gasteiger partial charge in [0.15, 0.2) is 11.5 Å².